The molecule has 0 bridgehead atoms. The number of rotatable bonds is 13. The number of nitrogens with one attached hydrogen (secondary N) is 1. The second-order valence-corrected chi connectivity index (χ2v) is 9.91. The molecule has 0 aliphatic heterocycles. The van der Waals surface area contributed by atoms with Crippen LogP contribution < -0.4 is 11.1 Å². The number of ketones is 2. The first-order valence-electron chi connectivity index (χ1n) is 13.6. The van der Waals surface area contributed by atoms with Crippen LogP contribution in [0.1, 0.15) is 109 Å². The molecule has 0 aromatic heterocycles. The van der Waals surface area contributed by atoms with Gasteiger partial charge in [-0.25, -0.2) is 0 Å². The fourth-order valence-electron chi connectivity index (χ4n) is 5.08. The van der Waals surface area contributed by atoms with E-state index in [9.17, 15) is 9.59 Å². The number of benzene rings is 3. The second kappa shape index (κ2) is 12.5. The Morgan fingerprint density at radius 1 is 0.639 bits per heavy atom. The number of carbonyl (C=O) groups is 2. The Kier molecular flexibility index (Phi) is 8.94. The number of unbranched alkanes of at least 4 members (excludes halogenated alkanes) is 9. The van der Waals surface area contributed by atoms with Gasteiger partial charge in [-0.05, 0) is 42.7 Å². The van der Waals surface area contributed by atoms with Crippen LogP contribution in [-0.4, -0.2) is 11.6 Å². The molecule has 0 radical (unpaired) electrons. The molecular formula is C32H38N2O2. The quantitative estimate of drug-likeness (QED) is 0.149. The summed E-state index contributed by atoms with van der Waals surface area (Å²) in [5.41, 5.74) is 10.8. The van der Waals surface area contributed by atoms with Gasteiger partial charge in [0, 0.05) is 22.5 Å². The number of fused-ring (bicyclic) bond motifs is 2. The average molecular weight is 483 g/mol. The lowest BCUT2D eigenvalue weighted by Crippen LogP contribution is -2.23. The zero-order chi connectivity index (χ0) is 25.3. The van der Waals surface area contributed by atoms with E-state index in [4.69, 9.17) is 5.73 Å². The third-order valence-corrected chi connectivity index (χ3v) is 7.16. The standard InChI is InChI=1S/C32H38N2O2/c1-2-3-4-5-6-7-8-9-10-11-14-23-17-19-24(20-18-23)34-28-22-21-27(33)29-30(28)32(36)26-16-13-12-15-25(26)31(29)35/h12-13,15-22,34H,2-11,14,33H2,1H3. The molecule has 0 amide bonds. The predicted octanol–water partition coefficient (Wildman–Crippen LogP) is 8.25. The average Bonchev–Trinajstić information content (AvgIpc) is 2.90. The van der Waals surface area contributed by atoms with Gasteiger partial charge in [-0.15, -0.1) is 0 Å². The Hall–Kier alpha value is -3.40. The van der Waals surface area contributed by atoms with Crippen LogP contribution in [0.3, 0.4) is 0 Å². The van der Waals surface area contributed by atoms with Gasteiger partial charge in [-0.2, -0.15) is 0 Å². The lowest BCUT2D eigenvalue weighted by atomic mass is 9.82. The maximum absolute atomic E-state index is 13.3. The molecule has 0 unspecified atom stereocenters. The van der Waals surface area contributed by atoms with Gasteiger partial charge in [0.2, 0.25) is 0 Å². The predicted molar refractivity (Wildman–Crippen MR) is 149 cm³/mol. The molecule has 0 saturated carbocycles. The molecule has 0 atom stereocenters. The molecule has 1 aliphatic rings. The van der Waals surface area contributed by atoms with Crippen molar-refractivity contribution >= 4 is 28.6 Å². The number of hydrogen-bond acceptors (Lipinski definition) is 4. The summed E-state index contributed by atoms with van der Waals surface area (Å²) in [4.78, 5) is 26.4. The monoisotopic (exact) mass is 482 g/mol. The maximum atomic E-state index is 13.3. The summed E-state index contributed by atoms with van der Waals surface area (Å²) in [5, 5.41) is 3.35. The molecule has 0 fully saturated rings. The third kappa shape index (κ3) is 6.04. The molecule has 36 heavy (non-hydrogen) atoms. The Labute approximate surface area is 215 Å². The van der Waals surface area contributed by atoms with Gasteiger partial charge in [0.1, 0.15) is 0 Å². The first-order valence-corrected chi connectivity index (χ1v) is 13.6. The molecule has 4 rings (SSSR count). The molecule has 0 spiro atoms. The topological polar surface area (TPSA) is 72.2 Å². The zero-order valence-corrected chi connectivity index (χ0v) is 21.4. The number of nitrogens with two attached hydrogens (primary N) is 1. The van der Waals surface area contributed by atoms with Crippen molar-refractivity contribution in [3.63, 3.8) is 0 Å². The van der Waals surface area contributed by atoms with Crippen LogP contribution in [0, 0.1) is 0 Å². The number of carbonyl (C=O) groups excluding carboxylic acids is 2. The summed E-state index contributed by atoms with van der Waals surface area (Å²) in [5.74, 6) is -0.374. The van der Waals surface area contributed by atoms with Crippen molar-refractivity contribution < 1.29 is 9.59 Å². The molecule has 188 valence electrons. The number of nitrogen functional groups attached to an aromatic ring is 1. The molecule has 1 aliphatic carbocycles. The minimum atomic E-state index is -0.201. The summed E-state index contributed by atoms with van der Waals surface area (Å²) in [6, 6.07) is 18.8. The van der Waals surface area contributed by atoms with Crippen LogP contribution in [0.2, 0.25) is 0 Å². The van der Waals surface area contributed by atoms with E-state index in [1.807, 2.05) is 12.1 Å². The van der Waals surface area contributed by atoms with E-state index in [1.54, 1.807) is 36.4 Å². The Morgan fingerprint density at radius 3 is 1.81 bits per heavy atom. The second-order valence-electron chi connectivity index (χ2n) is 9.91. The van der Waals surface area contributed by atoms with Gasteiger partial charge >= 0.3 is 0 Å². The number of anilines is 3. The molecule has 4 nitrogen and oxygen atoms in total. The van der Waals surface area contributed by atoms with Gasteiger partial charge in [0.25, 0.3) is 0 Å². The normalized spacial score (nSPS) is 12.4. The fraction of sp³-hybridized carbons (Fsp3) is 0.375. The lowest BCUT2D eigenvalue weighted by Gasteiger charge is -2.22. The SMILES string of the molecule is CCCCCCCCCCCCc1ccc(Nc2ccc(N)c3c2C(=O)c2ccccc2C3=O)cc1. The Bertz CT molecular complexity index is 1200. The molecular weight excluding hydrogens is 444 g/mol. The highest BCUT2D eigenvalue weighted by atomic mass is 16.1. The molecule has 4 heteroatoms. The van der Waals surface area contributed by atoms with Gasteiger partial charge < -0.3 is 11.1 Å². The first kappa shape index (κ1) is 25.7. The minimum Gasteiger partial charge on any atom is -0.398 e. The van der Waals surface area contributed by atoms with Crippen LogP contribution in [0.4, 0.5) is 17.1 Å². The van der Waals surface area contributed by atoms with Crippen molar-refractivity contribution in [3.8, 4) is 0 Å². The fourth-order valence-corrected chi connectivity index (χ4v) is 5.08. The summed E-state index contributed by atoms with van der Waals surface area (Å²) in [6.45, 7) is 2.26. The summed E-state index contributed by atoms with van der Waals surface area (Å²) < 4.78 is 0. The van der Waals surface area contributed by atoms with E-state index in [1.165, 1.54) is 69.8 Å². The maximum Gasteiger partial charge on any atom is 0.196 e. The molecule has 3 aromatic carbocycles. The van der Waals surface area contributed by atoms with Crippen molar-refractivity contribution in [2.75, 3.05) is 11.1 Å². The van der Waals surface area contributed by atoms with Crippen molar-refractivity contribution in [1.29, 1.82) is 0 Å². The highest BCUT2D eigenvalue weighted by Gasteiger charge is 2.33. The largest absolute Gasteiger partial charge is 0.398 e. The van der Waals surface area contributed by atoms with Crippen LogP contribution in [0.25, 0.3) is 0 Å². The van der Waals surface area contributed by atoms with Gasteiger partial charge in [0.05, 0.1) is 16.8 Å². The van der Waals surface area contributed by atoms with Gasteiger partial charge in [-0.3, -0.25) is 9.59 Å². The van der Waals surface area contributed by atoms with E-state index in [2.05, 4.69) is 24.4 Å². The Morgan fingerprint density at radius 2 is 1.19 bits per heavy atom. The van der Waals surface area contributed by atoms with Crippen molar-refractivity contribution in [3.05, 3.63) is 88.5 Å². The van der Waals surface area contributed by atoms with Crippen LogP contribution >= 0.6 is 0 Å². The molecule has 0 saturated heterocycles. The summed E-state index contributed by atoms with van der Waals surface area (Å²) in [7, 11) is 0. The van der Waals surface area contributed by atoms with E-state index < -0.39 is 0 Å². The number of aryl methyl sites for hydroxylation is 1. The molecule has 3 N–H and O–H groups in total. The highest BCUT2D eigenvalue weighted by molar-refractivity contribution is 6.31. The van der Waals surface area contributed by atoms with E-state index in [0.29, 0.717) is 33.6 Å². The number of hydrogen-bond donors (Lipinski definition) is 2. The van der Waals surface area contributed by atoms with Crippen LogP contribution in [-0.2, 0) is 6.42 Å². The minimum absolute atomic E-state index is 0.174. The van der Waals surface area contributed by atoms with Crippen molar-refractivity contribution in [2.24, 2.45) is 0 Å². The van der Waals surface area contributed by atoms with Crippen LogP contribution in [0.15, 0.2) is 60.7 Å². The molecule has 3 aromatic rings. The Balaban J connectivity index is 1.32. The van der Waals surface area contributed by atoms with Crippen LogP contribution in [0.5, 0.6) is 0 Å². The van der Waals surface area contributed by atoms with Gasteiger partial charge in [-0.1, -0.05) is 101 Å². The summed E-state index contributed by atoms with van der Waals surface area (Å²) >= 11 is 0. The lowest BCUT2D eigenvalue weighted by molar-refractivity contribution is 0.0980. The van der Waals surface area contributed by atoms with E-state index >= 15 is 0 Å². The van der Waals surface area contributed by atoms with Crippen molar-refractivity contribution in [1.82, 2.24) is 0 Å². The summed E-state index contributed by atoms with van der Waals surface area (Å²) in [6.07, 6.45) is 14.5. The van der Waals surface area contributed by atoms with E-state index in [-0.39, 0.29) is 11.6 Å². The third-order valence-electron chi connectivity index (χ3n) is 7.16. The smallest absolute Gasteiger partial charge is 0.196 e. The van der Waals surface area contributed by atoms with E-state index in [0.717, 1.165) is 12.1 Å². The first-order chi connectivity index (χ1) is 17.6. The van der Waals surface area contributed by atoms with Gasteiger partial charge in [0.15, 0.2) is 11.6 Å². The highest BCUT2D eigenvalue weighted by Crippen LogP contribution is 2.36. The molecule has 0 heterocycles. The zero-order valence-electron chi connectivity index (χ0n) is 21.4. The van der Waals surface area contributed by atoms with Crippen molar-refractivity contribution in [2.45, 2.75) is 77.6 Å².